The summed E-state index contributed by atoms with van der Waals surface area (Å²) >= 11 is 0. The van der Waals surface area contributed by atoms with Crippen molar-refractivity contribution in [3.05, 3.63) is 34.9 Å². The molecule has 1 aromatic carbocycles. The lowest BCUT2D eigenvalue weighted by Crippen LogP contribution is -2.26. The van der Waals surface area contributed by atoms with E-state index in [0.717, 1.165) is 12.8 Å². The molecule has 1 N–H and O–H groups in total. The molecule has 0 radical (unpaired) electrons. The Bertz CT molecular complexity index is 291. The highest BCUT2D eigenvalue weighted by Gasteiger charge is 2.28. The van der Waals surface area contributed by atoms with E-state index in [0.29, 0.717) is 5.92 Å². The zero-order valence-electron chi connectivity index (χ0n) is 8.25. The minimum Gasteiger partial charge on any atom is -0.393 e. The van der Waals surface area contributed by atoms with E-state index >= 15 is 0 Å². The van der Waals surface area contributed by atoms with Crippen molar-refractivity contribution in [3.63, 3.8) is 0 Å². The van der Waals surface area contributed by atoms with E-state index < -0.39 is 0 Å². The Labute approximate surface area is 79.4 Å². The molecule has 0 aliphatic heterocycles. The van der Waals surface area contributed by atoms with E-state index in [1.165, 1.54) is 16.7 Å². The van der Waals surface area contributed by atoms with Crippen molar-refractivity contribution in [1.29, 1.82) is 0 Å². The topological polar surface area (TPSA) is 20.2 Å². The van der Waals surface area contributed by atoms with Gasteiger partial charge in [-0.3, -0.25) is 0 Å². The van der Waals surface area contributed by atoms with Crippen LogP contribution in [0.3, 0.4) is 0 Å². The Morgan fingerprint density at radius 1 is 1.08 bits per heavy atom. The number of rotatable bonds is 1. The first-order valence-corrected chi connectivity index (χ1v) is 4.91. The van der Waals surface area contributed by atoms with E-state index in [1.54, 1.807) is 0 Å². The molecule has 0 aromatic heterocycles. The summed E-state index contributed by atoms with van der Waals surface area (Å²) in [6.07, 6.45) is 1.84. The molecule has 1 aliphatic carbocycles. The molecule has 1 saturated carbocycles. The third-order valence-electron chi connectivity index (χ3n) is 2.83. The van der Waals surface area contributed by atoms with Crippen molar-refractivity contribution < 1.29 is 5.11 Å². The van der Waals surface area contributed by atoms with Crippen LogP contribution in [0, 0.1) is 13.8 Å². The van der Waals surface area contributed by atoms with Crippen LogP contribution in [0.15, 0.2) is 18.2 Å². The van der Waals surface area contributed by atoms with Crippen molar-refractivity contribution in [1.82, 2.24) is 0 Å². The van der Waals surface area contributed by atoms with Gasteiger partial charge >= 0.3 is 0 Å². The standard InChI is InChI=1S/C12H16O/c1-8-3-9(2)5-10(4-8)11-6-12(13)7-11/h3-5,11-13H,6-7H2,1-2H3. The normalized spacial score (nSPS) is 27.0. The van der Waals surface area contributed by atoms with Crippen LogP contribution < -0.4 is 0 Å². The molecule has 0 unspecified atom stereocenters. The zero-order chi connectivity index (χ0) is 9.42. The van der Waals surface area contributed by atoms with Gasteiger partial charge in [-0.2, -0.15) is 0 Å². The fourth-order valence-electron chi connectivity index (χ4n) is 2.11. The highest BCUT2D eigenvalue weighted by atomic mass is 16.3. The predicted molar refractivity (Wildman–Crippen MR) is 53.9 cm³/mol. The third-order valence-corrected chi connectivity index (χ3v) is 2.83. The monoisotopic (exact) mass is 176 g/mol. The molecule has 2 rings (SSSR count). The Morgan fingerprint density at radius 3 is 2.08 bits per heavy atom. The minimum absolute atomic E-state index is 0.0502. The first-order chi connectivity index (χ1) is 6.15. The van der Waals surface area contributed by atoms with Crippen LogP contribution in [0.25, 0.3) is 0 Å². The second-order valence-corrected chi connectivity index (χ2v) is 4.24. The SMILES string of the molecule is Cc1cc(C)cc(C2CC(O)C2)c1. The molecule has 0 saturated heterocycles. The second-order valence-electron chi connectivity index (χ2n) is 4.24. The first-order valence-electron chi connectivity index (χ1n) is 4.91. The van der Waals surface area contributed by atoms with Gasteiger partial charge in [-0.1, -0.05) is 29.3 Å². The maximum absolute atomic E-state index is 9.22. The lowest BCUT2D eigenvalue weighted by atomic mass is 9.77. The smallest absolute Gasteiger partial charge is 0.0552 e. The molecule has 1 fully saturated rings. The minimum atomic E-state index is -0.0502. The van der Waals surface area contributed by atoms with Gasteiger partial charge in [-0.05, 0) is 38.2 Å². The van der Waals surface area contributed by atoms with Gasteiger partial charge < -0.3 is 5.11 Å². The molecular weight excluding hydrogens is 160 g/mol. The molecule has 0 bridgehead atoms. The van der Waals surface area contributed by atoms with Crippen LogP contribution in [0.1, 0.15) is 35.4 Å². The molecule has 1 heteroatoms. The highest BCUT2D eigenvalue weighted by molar-refractivity contribution is 5.32. The van der Waals surface area contributed by atoms with Gasteiger partial charge in [0, 0.05) is 0 Å². The van der Waals surface area contributed by atoms with E-state index in [1.807, 2.05) is 0 Å². The maximum atomic E-state index is 9.22. The highest BCUT2D eigenvalue weighted by Crippen LogP contribution is 2.37. The van der Waals surface area contributed by atoms with Crippen LogP contribution >= 0.6 is 0 Å². The van der Waals surface area contributed by atoms with Gasteiger partial charge in [-0.15, -0.1) is 0 Å². The first kappa shape index (κ1) is 8.76. The van der Waals surface area contributed by atoms with E-state index in [-0.39, 0.29) is 6.10 Å². The molecule has 0 amide bonds. The summed E-state index contributed by atoms with van der Waals surface area (Å²) < 4.78 is 0. The quantitative estimate of drug-likeness (QED) is 0.697. The van der Waals surface area contributed by atoms with Crippen LogP contribution in [-0.4, -0.2) is 11.2 Å². The number of benzene rings is 1. The summed E-state index contributed by atoms with van der Waals surface area (Å²) in [6, 6.07) is 6.67. The molecule has 1 nitrogen and oxygen atoms in total. The number of hydrogen-bond donors (Lipinski definition) is 1. The second kappa shape index (κ2) is 3.15. The summed E-state index contributed by atoms with van der Waals surface area (Å²) in [7, 11) is 0. The number of aliphatic hydroxyl groups is 1. The maximum Gasteiger partial charge on any atom is 0.0552 e. The van der Waals surface area contributed by atoms with Gasteiger partial charge in [0.05, 0.1) is 6.10 Å². The third kappa shape index (κ3) is 1.75. The predicted octanol–water partition coefficient (Wildman–Crippen LogP) is 2.54. The van der Waals surface area contributed by atoms with Crippen LogP contribution in [-0.2, 0) is 0 Å². The Hall–Kier alpha value is -0.820. The van der Waals surface area contributed by atoms with Gasteiger partial charge in [0.15, 0.2) is 0 Å². The van der Waals surface area contributed by atoms with E-state index in [4.69, 9.17) is 0 Å². The van der Waals surface area contributed by atoms with Crippen molar-refractivity contribution in [2.75, 3.05) is 0 Å². The average Bonchev–Trinajstić information content (AvgIpc) is 1.96. The molecule has 1 aliphatic rings. The fraction of sp³-hybridized carbons (Fsp3) is 0.500. The van der Waals surface area contributed by atoms with Crippen molar-refractivity contribution >= 4 is 0 Å². The zero-order valence-corrected chi connectivity index (χ0v) is 8.25. The lowest BCUT2D eigenvalue weighted by molar-refractivity contribution is 0.0746. The average molecular weight is 176 g/mol. The summed E-state index contributed by atoms with van der Waals surface area (Å²) in [6.45, 7) is 4.26. The summed E-state index contributed by atoms with van der Waals surface area (Å²) in [4.78, 5) is 0. The largest absolute Gasteiger partial charge is 0.393 e. The van der Waals surface area contributed by atoms with Crippen LogP contribution in [0.4, 0.5) is 0 Å². The number of aliphatic hydroxyl groups excluding tert-OH is 1. The van der Waals surface area contributed by atoms with Crippen molar-refractivity contribution in [2.24, 2.45) is 0 Å². The van der Waals surface area contributed by atoms with Gasteiger partial charge in [0.2, 0.25) is 0 Å². The molecule has 0 spiro atoms. The van der Waals surface area contributed by atoms with Gasteiger partial charge in [0.1, 0.15) is 0 Å². The molecular formula is C12H16O. The van der Waals surface area contributed by atoms with Crippen molar-refractivity contribution in [2.45, 2.75) is 38.7 Å². The van der Waals surface area contributed by atoms with Gasteiger partial charge in [-0.25, -0.2) is 0 Å². The van der Waals surface area contributed by atoms with E-state index in [9.17, 15) is 5.11 Å². The van der Waals surface area contributed by atoms with Gasteiger partial charge in [0.25, 0.3) is 0 Å². The van der Waals surface area contributed by atoms with Crippen LogP contribution in [0.5, 0.6) is 0 Å². The molecule has 13 heavy (non-hydrogen) atoms. The van der Waals surface area contributed by atoms with Crippen molar-refractivity contribution in [3.8, 4) is 0 Å². The summed E-state index contributed by atoms with van der Waals surface area (Å²) in [5.41, 5.74) is 4.07. The Morgan fingerprint density at radius 2 is 1.62 bits per heavy atom. The summed E-state index contributed by atoms with van der Waals surface area (Å²) in [5.74, 6) is 0.605. The molecule has 1 aromatic rings. The Kier molecular flexibility index (Phi) is 2.12. The van der Waals surface area contributed by atoms with E-state index in [2.05, 4.69) is 32.0 Å². The Balaban J connectivity index is 2.21. The molecule has 0 heterocycles. The van der Waals surface area contributed by atoms with Crippen LogP contribution in [0.2, 0.25) is 0 Å². The molecule has 70 valence electrons. The summed E-state index contributed by atoms with van der Waals surface area (Å²) in [5, 5.41) is 9.22. The number of hydrogen-bond acceptors (Lipinski definition) is 1. The molecule has 0 atom stereocenters. The lowest BCUT2D eigenvalue weighted by Gasteiger charge is -2.32. The fourth-order valence-corrected chi connectivity index (χ4v) is 2.11. The number of aryl methyl sites for hydroxylation is 2.